The molecule has 2 nitrogen and oxygen atoms in total. The Labute approximate surface area is 125 Å². The lowest BCUT2D eigenvalue weighted by Crippen LogP contribution is -2.17. The molecule has 0 bridgehead atoms. The van der Waals surface area contributed by atoms with Crippen molar-refractivity contribution in [1.82, 2.24) is 5.32 Å². The maximum Gasteiger partial charge on any atom is 0.123 e. The Kier molecular flexibility index (Phi) is 5.90. The molecule has 20 heavy (non-hydrogen) atoms. The molecule has 106 valence electrons. The molecule has 0 unspecified atom stereocenters. The second kappa shape index (κ2) is 7.93. The van der Waals surface area contributed by atoms with Gasteiger partial charge >= 0.3 is 0 Å². The SMILES string of the molecule is CCOc1ccccc1CNCCc1cccc(Cl)c1. The summed E-state index contributed by atoms with van der Waals surface area (Å²) >= 11 is 5.97. The van der Waals surface area contributed by atoms with Crippen molar-refractivity contribution >= 4 is 11.6 Å². The smallest absolute Gasteiger partial charge is 0.123 e. The van der Waals surface area contributed by atoms with E-state index in [1.165, 1.54) is 11.1 Å². The Morgan fingerprint density at radius 2 is 1.95 bits per heavy atom. The van der Waals surface area contributed by atoms with Crippen LogP contribution in [0.1, 0.15) is 18.1 Å². The zero-order valence-corrected chi connectivity index (χ0v) is 12.5. The van der Waals surface area contributed by atoms with Crippen LogP contribution in [0.15, 0.2) is 48.5 Å². The highest BCUT2D eigenvalue weighted by Gasteiger charge is 2.01. The first-order chi connectivity index (χ1) is 9.79. The Morgan fingerprint density at radius 1 is 1.10 bits per heavy atom. The predicted molar refractivity (Wildman–Crippen MR) is 84.5 cm³/mol. The molecule has 0 aliphatic rings. The molecule has 0 atom stereocenters. The fraction of sp³-hybridized carbons (Fsp3) is 0.294. The molecule has 0 saturated carbocycles. The van der Waals surface area contributed by atoms with E-state index in [1.807, 2.05) is 43.3 Å². The van der Waals surface area contributed by atoms with Crippen LogP contribution >= 0.6 is 11.6 Å². The average molecular weight is 290 g/mol. The van der Waals surface area contributed by atoms with Crippen molar-refractivity contribution in [2.45, 2.75) is 19.9 Å². The summed E-state index contributed by atoms with van der Waals surface area (Å²) in [5, 5.41) is 4.24. The molecule has 0 radical (unpaired) electrons. The normalized spacial score (nSPS) is 10.5. The Morgan fingerprint density at radius 3 is 2.75 bits per heavy atom. The molecule has 2 rings (SSSR count). The van der Waals surface area contributed by atoms with Crippen LogP contribution in [0, 0.1) is 0 Å². The topological polar surface area (TPSA) is 21.3 Å². The Balaban J connectivity index is 1.81. The van der Waals surface area contributed by atoms with E-state index >= 15 is 0 Å². The van der Waals surface area contributed by atoms with E-state index in [0.29, 0.717) is 6.61 Å². The van der Waals surface area contributed by atoms with E-state index in [4.69, 9.17) is 16.3 Å². The van der Waals surface area contributed by atoms with E-state index in [9.17, 15) is 0 Å². The lowest BCUT2D eigenvalue weighted by Gasteiger charge is -2.11. The molecule has 0 amide bonds. The summed E-state index contributed by atoms with van der Waals surface area (Å²) in [5.41, 5.74) is 2.45. The zero-order valence-electron chi connectivity index (χ0n) is 11.7. The minimum Gasteiger partial charge on any atom is -0.494 e. The van der Waals surface area contributed by atoms with Crippen LogP contribution in [0.5, 0.6) is 5.75 Å². The maximum absolute atomic E-state index is 5.97. The van der Waals surface area contributed by atoms with Gasteiger partial charge in [-0.3, -0.25) is 0 Å². The van der Waals surface area contributed by atoms with Gasteiger partial charge < -0.3 is 10.1 Å². The molecule has 0 aliphatic heterocycles. The second-order valence-corrected chi connectivity index (χ2v) is 5.03. The van der Waals surface area contributed by atoms with E-state index < -0.39 is 0 Å². The van der Waals surface area contributed by atoms with E-state index in [2.05, 4.69) is 17.4 Å². The molecular weight excluding hydrogens is 270 g/mol. The summed E-state index contributed by atoms with van der Waals surface area (Å²) in [6, 6.07) is 16.1. The van der Waals surface area contributed by atoms with Gasteiger partial charge in [0, 0.05) is 17.1 Å². The molecule has 0 aliphatic carbocycles. The van der Waals surface area contributed by atoms with Gasteiger partial charge in [-0.2, -0.15) is 0 Å². The van der Waals surface area contributed by atoms with Crippen molar-refractivity contribution in [2.75, 3.05) is 13.2 Å². The third-order valence-corrected chi connectivity index (χ3v) is 3.30. The number of halogens is 1. The molecule has 0 spiro atoms. The fourth-order valence-electron chi connectivity index (χ4n) is 2.09. The number of para-hydroxylation sites is 1. The summed E-state index contributed by atoms with van der Waals surface area (Å²) in [6.45, 7) is 4.43. The first-order valence-corrected chi connectivity index (χ1v) is 7.33. The molecular formula is C17H20ClNO. The largest absolute Gasteiger partial charge is 0.494 e. The minimum atomic E-state index is 0.694. The molecule has 0 aromatic heterocycles. The van der Waals surface area contributed by atoms with E-state index in [0.717, 1.165) is 30.3 Å². The van der Waals surface area contributed by atoms with Crippen LogP contribution in [-0.4, -0.2) is 13.2 Å². The van der Waals surface area contributed by atoms with Crippen molar-refractivity contribution in [3.63, 3.8) is 0 Å². The highest BCUT2D eigenvalue weighted by molar-refractivity contribution is 6.30. The van der Waals surface area contributed by atoms with Crippen LogP contribution in [0.4, 0.5) is 0 Å². The number of nitrogens with one attached hydrogen (secondary N) is 1. The van der Waals surface area contributed by atoms with Gasteiger partial charge in [-0.25, -0.2) is 0 Å². The van der Waals surface area contributed by atoms with Gasteiger partial charge in [0.05, 0.1) is 6.61 Å². The van der Waals surface area contributed by atoms with Crippen molar-refractivity contribution in [3.05, 3.63) is 64.7 Å². The summed E-state index contributed by atoms with van der Waals surface area (Å²) in [6.07, 6.45) is 0.970. The number of rotatable bonds is 7. The van der Waals surface area contributed by atoms with Crippen LogP contribution in [0.25, 0.3) is 0 Å². The molecule has 1 N–H and O–H groups in total. The van der Waals surface area contributed by atoms with Gasteiger partial charge in [0.15, 0.2) is 0 Å². The third-order valence-electron chi connectivity index (χ3n) is 3.07. The van der Waals surface area contributed by atoms with Crippen LogP contribution < -0.4 is 10.1 Å². The van der Waals surface area contributed by atoms with Gasteiger partial charge in [0.1, 0.15) is 5.75 Å². The first kappa shape index (κ1) is 14.9. The van der Waals surface area contributed by atoms with Gasteiger partial charge in [-0.05, 0) is 43.7 Å². The molecule has 2 aromatic carbocycles. The number of hydrogen-bond acceptors (Lipinski definition) is 2. The standard InChI is InChI=1S/C17H20ClNO/c1-2-20-17-9-4-3-7-15(17)13-19-11-10-14-6-5-8-16(18)12-14/h3-9,12,19H,2,10-11,13H2,1H3. The summed E-state index contributed by atoms with van der Waals surface area (Å²) < 4.78 is 5.61. The van der Waals surface area contributed by atoms with Crippen molar-refractivity contribution in [3.8, 4) is 5.75 Å². The number of ether oxygens (including phenoxy) is 1. The second-order valence-electron chi connectivity index (χ2n) is 4.60. The highest BCUT2D eigenvalue weighted by atomic mass is 35.5. The van der Waals surface area contributed by atoms with Gasteiger partial charge in [0.25, 0.3) is 0 Å². The number of hydrogen-bond donors (Lipinski definition) is 1. The Hall–Kier alpha value is -1.51. The summed E-state index contributed by atoms with van der Waals surface area (Å²) in [5.74, 6) is 0.963. The fourth-order valence-corrected chi connectivity index (χ4v) is 2.31. The van der Waals surface area contributed by atoms with Crippen LogP contribution in [0.3, 0.4) is 0 Å². The third kappa shape index (κ3) is 4.55. The van der Waals surface area contributed by atoms with E-state index in [-0.39, 0.29) is 0 Å². The van der Waals surface area contributed by atoms with E-state index in [1.54, 1.807) is 0 Å². The summed E-state index contributed by atoms with van der Waals surface area (Å²) in [7, 11) is 0. The lowest BCUT2D eigenvalue weighted by molar-refractivity contribution is 0.335. The van der Waals surface area contributed by atoms with Gasteiger partial charge in [0.2, 0.25) is 0 Å². The molecule has 0 saturated heterocycles. The Bertz CT molecular complexity index is 542. The lowest BCUT2D eigenvalue weighted by atomic mass is 10.1. The molecule has 2 aromatic rings. The average Bonchev–Trinajstić information content (AvgIpc) is 2.46. The minimum absolute atomic E-state index is 0.694. The van der Waals surface area contributed by atoms with Crippen molar-refractivity contribution < 1.29 is 4.74 Å². The maximum atomic E-state index is 5.97. The summed E-state index contributed by atoms with van der Waals surface area (Å²) in [4.78, 5) is 0. The zero-order chi connectivity index (χ0) is 14.2. The van der Waals surface area contributed by atoms with Gasteiger partial charge in [-0.1, -0.05) is 41.9 Å². The van der Waals surface area contributed by atoms with Crippen molar-refractivity contribution in [1.29, 1.82) is 0 Å². The van der Waals surface area contributed by atoms with Crippen molar-refractivity contribution in [2.24, 2.45) is 0 Å². The van der Waals surface area contributed by atoms with Crippen LogP contribution in [-0.2, 0) is 13.0 Å². The highest BCUT2D eigenvalue weighted by Crippen LogP contribution is 2.17. The first-order valence-electron chi connectivity index (χ1n) is 6.95. The quantitative estimate of drug-likeness (QED) is 0.776. The van der Waals surface area contributed by atoms with Crippen LogP contribution in [0.2, 0.25) is 5.02 Å². The number of benzene rings is 2. The van der Waals surface area contributed by atoms with Gasteiger partial charge in [-0.15, -0.1) is 0 Å². The predicted octanol–water partition coefficient (Wildman–Crippen LogP) is 4.07. The molecule has 3 heteroatoms. The molecule has 0 fully saturated rings. The molecule has 0 heterocycles. The monoisotopic (exact) mass is 289 g/mol.